The average molecular weight is 231 g/mol. The van der Waals surface area contributed by atoms with Crippen molar-refractivity contribution in [2.45, 2.75) is 6.92 Å². The molecular formula is C12H13N3O2. The Hall–Kier alpha value is -2.30. The first-order chi connectivity index (χ1) is 8.22. The Balaban J connectivity index is 2.48. The molecular weight excluding hydrogens is 218 g/mol. The fourth-order valence-corrected chi connectivity index (χ4v) is 1.54. The average Bonchev–Trinajstić information content (AvgIpc) is 2.82. The lowest BCUT2D eigenvalue weighted by atomic mass is 10.1. The molecule has 0 aliphatic rings. The molecule has 0 amide bonds. The van der Waals surface area contributed by atoms with Gasteiger partial charge in [0.05, 0.1) is 17.9 Å². The van der Waals surface area contributed by atoms with E-state index in [9.17, 15) is 4.79 Å². The van der Waals surface area contributed by atoms with Gasteiger partial charge >= 0.3 is 5.97 Å². The molecule has 1 aromatic carbocycles. The number of carbonyl (C=O) groups is 1. The van der Waals surface area contributed by atoms with Crippen molar-refractivity contribution in [2.75, 3.05) is 12.3 Å². The number of rotatable bonds is 3. The lowest BCUT2D eigenvalue weighted by Gasteiger charge is -2.09. The van der Waals surface area contributed by atoms with Gasteiger partial charge in [-0.3, -0.25) is 0 Å². The van der Waals surface area contributed by atoms with Crippen molar-refractivity contribution in [3.05, 3.63) is 42.2 Å². The van der Waals surface area contributed by atoms with Crippen molar-refractivity contribution >= 4 is 11.7 Å². The summed E-state index contributed by atoms with van der Waals surface area (Å²) >= 11 is 0. The molecule has 1 aromatic heterocycles. The topological polar surface area (TPSA) is 70.1 Å². The number of nitrogen functional groups attached to an aromatic ring is 1. The van der Waals surface area contributed by atoms with Crippen LogP contribution in [0.25, 0.3) is 5.69 Å². The molecule has 0 radical (unpaired) electrons. The highest BCUT2D eigenvalue weighted by molar-refractivity contribution is 5.94. The van der Waals surface area contributed by atoms with Gasteiger partial charge < -0.3 is 10.5 Å². The molecule has 0 saturated heterocycles. The molecule has 0 spiro atoms. The molecule has 0 atom stereocenters. The molecule has 2 aromatic rings. The zero-order chi connectivity index (χ0) is 12.3. The van der Waals surface area contributed by atoms with Gasteiger partial charge in [-0.25, -0.2) is 9.48 Å². The minimum absolute atomic E-state index is 0.326. The highest BCUT2D eigenvalue weighted by Gasteiger charge is 2.14. The fourth-order valence-electron chi connectivity index (χ4n) is 1.54. The largest absolute Gasteiger partial charge is 0.462 e. The van der Waals surface area contributed by atoms with Crippen LogP contribution in [0.3, 0.4) is 0 Å². The summed E-state index contributed by atoms with van der Waals surface area (Å²) in [6, 6.07) is 6.84. The van der Waals surface area contributed by atoms with E-state index in [1.165, 1.54) is 0 Å². The van der Waals surface area contributed by atoms with Gasteiger partial charge in [0, 0.05) is 18.1 Å². The second-order valence-electron chi connectivity index (χ2n) is 3.45. The highest BCUT2D eigenvalue weighted by atomic mass is 16.5. The number of nitrogens with two attached hydrogens (primary N) is 1. The van der Waals surface area contributed by atoms with E-state index in [0.29, 0.717) is 23.5 Å². The van der Waals surface area contributed by atoms with Crippen LogP contribution in [-0.2, 0) is 4.74 Å². The number of hydrogen-bond acceptors (Lipinski definition) is 4. The zero-order valence-electron chi connectivity index (χ0n) is 9.46. The van der Waals surface area contributed by atoms with Crippen LogP contribution in [0.5, 0.6) is 0 Å². The number of benzene rings is 1. The maximum atomic E-state index is 11.8. The quantitative estimate of drug-likeness (QED) is 0.643. The number of nitrogens with zero attached hydrogens (tertiary/aromatic N) is 2. The predicted octanol–water partition coefficient (Wildman–Crippen LogP) is 1.63. The van der Waals surface area contributed by atoms with Crippen LogP contribution in [0.1, 0.15) is 17.3 Å². The number of aromatic nitrogens is 2. The maximum Gasteiger partial charge on any atom is 0.340 e. The number of carbonyl (C=O) groups excluding carboxylic acids is 1. The molecule has 88 valence electrons. The van der Waals surface area contributed by atoms with Gasteiger partial charge in [-0.05, 0) is 31.2 Å². The monoisotopic (exact) mass is 231 g/mol. The number of ether oxygens (including phenoxy) is 1. The third-order valence-corrected chi connectivity index (χ3v) is 2.27. The molecule has 5 heteroatoms. The van der Waals surface area contributed by atoms with Gasteiger partial charge in [0.15, 0.2) is 0 Å². The van der Waals surface area contributed by atoms with Crippen molar-refractivity contribution in [2.24, 2.45) is 0 Å². The first kappa shape index (κ1) is 11.2. The first-order valence-corrected chi connectivity index (χ1v) is 5.29. The van der Waals surface area contributed by atoms with Crippen molar-refractivity contribution in [3.63, 3.8) is 0 Å². The lowest BCUT2D eigenvalue weighted by molar-refractivity contribution is 0.0526. The Kier molecular flexibility index (Phi) is 3.09. The van der Waals surface area contributed by atoms with Crippen LogP contribution >= 0.6 is 0 Å². The standard InChI is InChI=1S/C12H13N3O2/c1-2-17-12(16)10-8-9(13)4-5-11(10)15-7-3-6-14-15/h3-8H,2,13H2,1H3. The van der Waals surface area contributed by atoms with Gasteiger partial charge in [0.2, 0.25) is 0 Å². The molecule has 0 bridgehead atoms. The number of esters is 1. The molecule has 0 aliphatic carbocycles. The molecule has 0 fully saturated rings. The third kappa shape index (κ3) is 2.28. The zero-order valence-corrected chi connectivity index (χ0v) is 9.46. The molecule has 5 nitrogen and oxygen atoms in total. The van der Waals surface area contributed by atoms with Crippen molar-refractivity contribution in [3.8, 4) is 5.69 Å². The van der Waals surface area contributed by atoms with Gasteiger partial charge in [-0.15, -0.1) is 0 Å². The van der Waals surface area contributed by atoms with Gasteiger partial charge in [-0.1, -0.05) is 0 Å². The summed E-state index contributed by atoms with van der Waals surface area (Å²) in [5.74, 6) is -0.398. The van der Waals surface area contributed by atoms with E-state index in [1.807, 2.05) is 0 Å². The summed E-state index contributed by atoms with van der Waals surface area (Å²) < 4.78 is 6.59. The van der Waals surface area contributed by atoms with E-state index in [0.717, 1.165) is 0 Å². The number of anilines is 1. The molecule has 2 rings (SSSR count). The molecule has 1 heterocycles. The smallest absolute Gasteiger partial charge is 0.340 e. The third-order valence-electron chi connectivity index (χ3n) is 2.27. The van der Waals surface area contributed by atoms with Crippen LogP contribution < -0.4 is 5.73 Å². The maximum absolute atomic E-state index is 11.8. The van der Waals surface area contributed by atoms with E-state index >= 15 is 0 Å². The highest BCUT2D eigenvalue weighted by Crippen LogP contribution is 2.18. The van der Waals surface area contributed by atoms with Crippen LogP contribution in [0.4, 0.5) is 5.69 Å². The minimum Gasteiger partial charge on any atom is -0.462 e. The van der Waals surface area contributed by atoms with E-state index < -0.39 is 5.97 Å². The van der Waals surface area contributed by atoms with Gasteiger partial charge in [0.25, 0.3) is 0 Å². The summed E-state index contributed by atoms with van der Waals surface area (Å²) in [4.78, 5) is 11.8. The SMILES string of the molecule is CCOC(=O)c1cc(N)ccc1-n1cccn1. The predicted molar refractivity (Wildman–Crippen MR) is 63.9 cm³/mol. The second kappa shape index (κ2) is 4.69. The van der Waals surface area contributed by atoms with E-state index in [4.69, 9.17) is 10.5 Å². The molecule has 0 unspecified atom stereocenters. The second-order valence-corrected chi connectivity index (χ2v) is 3.45. The van der Waals surface area contributed by atoms with Crippen molar-refractivity contribution in [1.29, 1.82) is 0 Å². The Labute approximate surface area is 98.8 Å². The van der Waals surface area contributed by atoms with Crippen LogP contribution in [-0.4, -0.2) is 22.4 Å². The first-order valence-electron chi connectivity index (χ1n) is 5.29. The molecule has 2 N–H and O–H groups in total. The van der Waals surface area contributed by atoms with Crippen LogP contribution in [0.2, 0.25) is 0 Å². The lowest BCUT2D eigenvalue weighted by Crippen LogP contribution is -2.10. The molecule has 0 aliphatic heterocycles. The van der Waals surface area contributed by atoms with Crippen LogP contribution in [0.15, 0.2) is 36.7 Å². The molecule has 0 saturated carbocycles. The van der Waals surface area contributed by atoms with E-state index in [1.54, 1.807) is 48.3 Å². The van der Waals surface area contributed by atoms with Crippen molar-refractivity contribution < 1.29 is 9.53 Å². The van der Waals surface area contributed by atoms with Gasteiger partial charge in [0.1, 0.15) is 0 Å². The fraction of sp³-hybridized carbons (Fsp3) is 0.167. The summed E-state index contributed by atoms with van der Waals surface area (Å²) in [7, 11) is 0. The van der Waals surface area contributed by atoms with E-state index in [2.05, 4.69) is 5.10 Å². The summed E-state index contributed by atoms with van der Waals surface area (Å²) in [6.07, 6.45) is 3.40. The van der Waals surface area contributed by atoms with Crippen molar-refractivity contribution in [1.82, 2.24) is 9.78 Å². The summed E-state index contributed by atoms with van der Waals surface area (Å²) in [6.45, 7) is 2.09. The Morgan fingerprint density at radius 3 is 3.00 bits per heavy atom. The van der Waals surface area contributed by atoms with Gasteiger partial charge in [-0.2, -0.15) is 5.10 Å². The Morgan fingerprint density at radius 2 is 2.35 bits per heavy atom. The van der Waals surface area contributed by atoms with E-state index in [-0.39, 0.29) is 0 Å². The minimum atomic E-state index is -0.398. The van der Waals surface area contributed by atoms with Crippen LogP contribution in [0, 0.1) is 0 Å². The summed E-state index contributed by atoms with van der Waals surface area (Å²) in [5, 5.41) is 4.09. The number of hydrogen-bond donors (Lipinski definition) is 1. The summed E-state index contributed by atoms with van der Waals surface area (Å²) in [5.41, 5.74) is 7.26. The Morgan fingerprint density at radius 1 is 1.53 bits per heavy atom. The normalized spacial score (nSPS) is 10.2. The molecule has 17 heavy (non-hydrogen) atoms. The Bertz CT molecular complexity index is 521.